The lowest BCUT2D eigenvalue weighted by atomic mass is 10.6. The second kappa shape index (κ2) is 14.9. The van der Waals surface area contributed by atoms with Crippen LogP contribution in [0.1, 0.15) is 0 Å². The summed E-state index contributed by atoms with van der Waals surface area (Å²) < 4.78 is 15.4. The molecule has 0 atom stereocenters. The van der Waals surface area contributed by atoms with E-state index >= 15 is 0 Å². The Morgan fingerprint density at radius 2 is 1.00 bits per heavy atom. The fourth-order valence-electron chi connectivity index (χ4n) is 0.798. The second-order valence-electron chi connectivity index (χ2n) is 2.74. The smallest absolute Gasteiger partial charge is 0.107 e. The predicted octanol–water partition coefficient (Wildman–Crippen LogP) is -0.972. The van der Waals surface area contributed by atoms with Crippen LogP contribution >= 0.6 is 0 Å². The van der Waals surface area contributed by atoms with Gasteiger partial charge in [-0.1, -0.05) is 23.7 Å². The van der Waals surface area contributed by atoms with Gasteiger partial charge in [-0.2, -0.15) is 0 Å². The number of aliphatic hydroxyl groups excluding tert-OH is 2. The molecule has 0 aromatic heterocycles. The highest BCUT2D eigenvalue weighted by molar-refractivity contribution is 4.98. The van der Waals surface area contributed by atoms with E-state index in [1.54, 1.807) is 0 Å². The molecule has 0 aliphatic heterocycles. The van der Waals surface area contributed by atoms with Gasteiger partial charge in [0.05, 0.1) is 26.4 Å². The normalized spacial score (nSPS) is 9.06. The average Bonchev–Trinajstić information content (AvgIpc) is 2.35. The van der Waals surface area contributed by atoms with Crippen molar-refractivity contribution in [1.82, 2.24) is 0 Å². The van der Waals surface area contributed by atoms with Crippen LogP contribution in [0.3, 0.4) is 0 Å². The van der Waals surface area contributed by atoms with E-state index < -0.39 is 0 Å². The fourth-order valence-corrected chi connectivity index (χ4v) is 0.798. The van der Waals surface area contributed by atoms with E-state index in [4.69, 9.17) is 24.4 Å². The number of hydrogen-bond acceptors (Lipinski definition) is 5. The molecule has 0 amide bonds. The molecular weight excluding hydrogens is 224 g/mol. The van der Waals surface area contributed by atoms with Gasteiger partial charge in [-0.25, -0.2) is 0 Å². The van der Waals surface area contributed by atoms with Crippen molar-refractivity contribution in [3.63, 3.8) is 0 Å². The van der Waals surface area contributed by atoms with Crippen LogP contribution in [0, 0.1) is 23.7 Å². The summed E-state index contributed by atoms with van der Waals surface area (Å²) in [6.07, 6.45) is 0. The molecule has 0 aromatic carbocycles. The molecule has 0 bridgehead atoms. The number of aliphatic hydroxyl groups is 2. The Hall–Kier alpha value is -1.08. The van der Waals surface area contributed by atoms with Gasteiger partial charge in [0, 0.05) is 0 Å². The van der Waals surface area contributed by atoms with E-state index in [1.807, 2.05) is 0 Å². The molecule has 0 aliphatic carbocycles. The first-order valence-corrected chi connectivity index (χ1v) is 5.28. The first kappa shape index (κ1) is 15.9. The van der Waals surface area contributed by atoms with Gasteiger partial charge in [0.2, 0.25) is 0 Å². The van der Waals surface area contributed by atoms with Crippen molar-refractivity contribution in [1.29, 1.82) is 0 Å². The summed E-state index contributed by atoms with van der Waals surface area (Å²) in [6, 6.07) is 0. The first-order chi connectivity index (χ1) is 8.41. The molecule has 5 nitrogen and oxygen atoms in total. The third kappa shape index (κ3) is 14.9. The minimum Gasteiger partial charge on any atom is -0.384 e. The summed E-state index contributed by atoms with van der Waals surface area (Å²) in [4.78, 5) is 0. The molecule has 0 fully saturated rings. The monoisotopic (exact) mass is 242 g/mol. The largest absolute Gasteiger partial charge is 0.384 e. The highest BCUT2D eigenvalue weighted by atomic mass is 16.5. The van der Waals surface area contributed by atoms with E-state index in [0.717, 1.165) is 0 Å². The summed E-state index contributed by atoms with van der Waals surface area (Å²) in [5.74, 6) is 10.2. The van der Waals surface area contributed by atoms with E-state index in [1.165, 1.54) is 0 Å². The van der Waals surface area contributed by atoms with E-state index in [-0.39, 0.29) is 13.2 Å². The van der Waals surface area contributed by atoms with Crippen molar-refractivity contribution < 1.29 is 24.4 Å². The van der Waals surface area contributed by atoms with Crippen molar-refractivity contribution in [3.05, 3.63) is 0 Å². The molecule has 0 saturated carbocycles. The summed E-state index contributed by atoms with van der Waals surface area (Å²) in [7, 11) is 0. The lowest BCUT2D eigenvalue weighted by molar-refractivity contribution is 0.0269. The predicted molar refractivity (Wildman–Crippen MR) is 62.2 cm³/mol. The van der Waals surface area contributed by atoms with Crippen LogP contribution in [0.4, 0.5) is 0 Å². The highest BCUT2D eigenvalue weighted by Gasteiger charge is 1.89. The average molecular weight is 242 g/mol. The zero-order valence-corrected chi connectivity index (χ0v) is 9.78. The van der Waals surface area contributed by atoms with E-state index in [0.29, 0.717) is 39.6 Å². The maximum Gasteiger partial charge on any atom is 0.107 e. The molecule has 0 unspecified atom stereocenters. The van der Waals surface area contributed by atoms with Crippen LogP contribution in [-0.2, 0) is 14.2 Å². The Bertz CT molecular complexity index is 240. The van der Waals surface area contributed by atoms with E-state index in [2.05, 4.69) is 23.7 Å². The number of ether oxygens (including phenoxy) is 3. The summed E-state index contributed by atoms with van der Waals surface area (Å²) in [5.41, 5.74) is 0. The molecule has 2 N–H and O–H groups in total. The van der Waals surface area contributed by atoms with Gasteiger partial charge >= 0.3 is 0 Å². The SMILES string of the molecule is OCC#CCOCCOCCOCC#CCO. The topological polar surface area (TPSA) is 68.2 Å². The number of hydrogen-bond donors (Lipinski definition) is 2. The van der Waals surface area contributed by atoms with Gasteiger partial charge in [0.15, 0.2) is 0 Å². The van der Waals surface area contributed by atoms with Crippen LogP contribution in [0.2, 0.25) is 0 Å². The Morgan fingerprint density at radius 3 is 1.41 bits per heavy atom. The van der Waals surface area contributed by atoms with Crippen LogP contribution in [-0.4, -0.2) is 63.1 Å². The Balaban J connectivity index is 3.03. The molecule has 0 saturated heterocycles. The molecular formula is C12H18O5. The zero-order chi connectivity index (χ0) is 12.6. The Labute approximate surface area is 102 Å². The quantitative estimate of drug-likeness (QED) is 0.423. The summed E-state index contributed by atoms with van der Waals surface area (Å²) >= 11 is 0. The van der Waals surface area contributed by atoms with Crippen molar-refractivity contribution in [2.24, 2.45) is 0 Å². The summed E-state index contributed by atoms with van der Waals surface area (Å²) in [5, 5.41) is 16.7. The molecule has 5 heteroatoms. The molecule has 17 heavy (non-hydrogen) atoms. The fraction of sp³-hybridized carbons (Fsp3) is 0.667. The second-order valence-corrected chi connectivity index (χ2v) is 2.74. The van der Waals surface area contributed by atoms with Gasteiger partial charge in [-0.05, 0) is 0 Å². The van der Waals surface area contributed by atoms with Crippen molar-refractivity contribution in [3.8, 4) is 23.7 Å². The van der Waals surface area contributed by atoms with Crippen LogP contribution in [0.15, 0.2) is 0 Å². The molecule has 0 aliphatic rings. The van der Waals surface area contributed by atoms with Crippen molar-refractivity contribution >= 4 is 0 Å². The Morgan fingerprint density at radius 1 is 0.588 bits per heavy atom. The van der Waals surface area contributed by atoms with Crippen molar-refractivity contribution in [2.45, 2.75) is 0 Å². The summed E-state index contributed by atoms with van der Waals surface area (Å²) in [6.45, 7) is 2.20. The van der Waals surface area contributed by atoms with Crippen LogP contribution in [0.25, 0.3) is 0 Å². The lowest BCUT2D eigenvalue weighted by Gasteiger charge is -2.03. The maximum absolute atomic E-state index is 8.35. The van der Waals surface area contributed by atoms with Crippen LogP contribution in [0.5, 0.6) is 0 Å². The molecule has 0 heterocycles. The molecule has 0 aromatic rings. The minimum atomic E-state index is -0.142. The van der Waals surface area contributed by atoms with Gasteiger partial charge in [0.1, 0.15) is 26.4 Å². The third-order valence-electron chi connectivity index (χ3n) is 1.50. The van der Waals surface area contributed by atoms with Crippen molar-refractivity contribution in [2.75, 3.05) is 52.9 Å². The van der Waals surface area contributed by atoms with Crippen LogP contribution < -0.4 is 0 Å². The molecule has 0 rings (SSSR count). The third-order valence-corrected chi connectivity index (χ3v) is 1.50. The first-order valence-electron chi connectivity index (χ1n) is 5.28. The molecule has 0 radical (unpaired) electrons. The molecule has 96 valence electrons. The highest BCUT2D eigenvalue weighted by Crippen LogP contribution is 1.80. The molecule has 0 spiro atoms. The van der Waals surface area contributed by atoms with Gasteiger partial charge in [-0.3, -0.25) is 0 Å². The van der Waals surface area contributed by atoms with Gasteiger partial charge < -0.3 is 24.4 Å². The zero-order valence-electron chi connectivity index (χ0n) is 9.78. The van der Waals surface area contributed by atoms with Gasteiger partial charge in [0.25, 0.3) is 0 Å². The lowest BCUT2D eigenvalue weighted by Crippen LogP contribution is -2.09. The standard InChI is InChI=1S/C12H18O5/c13-5-1-3-7-15-9-11-17-12-10-16-8-4-2-6-14/h13-14H,5-12H2. The minimum absolute atomic E-state index is 0.142. The van der Waals surface area contributed by atoms with E-state index in [9.17, 15) is 0 Å². The number of rotatable bonds is 8. The Kier molecular flexibility index (Phi) is 14.0. The van der Waals surface area contributed by atoms with Gasteiger partial charge in [-0.15, -0.1) is 0 Å². The maximum atomic E-state index is 8.35.